The van der Waals surface area contributed by atoms with Crippen LogP contribution in [0.3, 0.4) is 0 Å². The lowest BCUT2D eigenvalue weighted by Gasteiger charge is -2.29. The first-order chi connectivity index (χ1) is 11.8. The third-order valence-corrected chi connectivity index (χ3v) is 4.63. The van der Waals surface area contributed by atoms with Gasteiger partial charge in [-0.15, -0.1) is 0 Å². The second-order valence-corrected chi connectivity index (χ2v) is 6.42. The molecule has 1 aromatic heterocycles. The van der Waals surface area contributed by atoms with Crippen LogP contribution in [0.2, 0.25) is 0 Å². The van der Waals surface area contributed by atoms with Crippen LogP contribution in [-0.2, 0) is 17.7 Å². The number of benzene rings is 1. The molecule has 5 heteroatoms. The van der Waals surface area contributed by atoms with Crippen molar-refractivity contribution in [3.05, 3.63) is 63.8 Å². The highest BCUT2D eigenvalue weighted by molar-refractivity contribution is 5.54. The summed E-state index contributed by atoms with van der Waals surface area (Å²) < 4.78 is 5.41. The summed E-state index contributed by atoms with van der Waals surface area (Å²) in [7, 11) is 0. The fourth-order valence-electron chi connectivity index (χ4n) is 3.37. The van der Waals surface area contributed by atoms with E-state index >= 15 is 0 Å². The van der Waals surface area contributed by atoms with Gasteiger partial charge in [-0.3, -0.25) is 9.69 Å². The van der Waals surface area contributed by atoms with Crippen LogP contribution in [0.25, 0.3) is 11.4 Å². The predicted molar refractivity (Wildman–Crippen MR) is 92.5 cm³/mol. The number of nitrogens with zero attached hydrogens (tertiary/aromatic N) is 2. The average molecular weight is 323 g/mol. The number of hydrogen-bond donors (Lipinski definition) is 1. The van der Waals surface area contributed by atoms with E-state index < -0.39 is 0 Å². The quantitative estimate of drug-likeness (QED) is 0.943. The van der Waals surface area contributed by atoms with Crippen LogP contribution in [0.1, 0.15) is 24.1 Å². The Labute approximate surface area is 141 Å². The molecule has 4 rings (SSSR count). The Balaban J connectivity index is 1.56. The molecule has 24 heavy (non-hydrogen) atoms. The number of nitrogens with one attached hydrogen (secondary N) is 1. The zero-order valence-corrected chi connectivity index (χ0v) is 13.6. The van der Waals surface area contributed by atoms with Crippen molar-refractivity contribution in [2.75, 3.05) is 19.7 Å². The van der Waals surface area contributed by atoms with Gasteiger partial charge in [0, 0.05) is 31.6 Å². The van der Waals surface area contributed by atoms with Crippen molar-refractivity contribution in [1.82, 2.24) is 14.9 Å². The van der Waals surface area contributed by atoms with Crippen LogP contribution in [0.15, 0.2) is 47.0 Å². The van der Waals surface area contributed by atoms with Gasteiger partial charge in [0.15, 0.2) is 0 Å². The average Bonchev–Trinajstić information content (AvgIpc) is 2.64. The molecule has 2 aliphatic heterocycles. The monoisotopic (exact) mass is 323 g/mol. The molecule has 0 bridgehead atoms. The summed E-state index contributed by atoms with van der Waals surface area (Å²) in [5.41, 5.74) is 3.98. The SMILES string of the molecule is O=c1[nH]c(-c2ccccc2)nc2c1CN(CC1=COCCC1)CC2. The number of H-pyrrole nitrogens is 1. The van der Waals surface area contributed by atoms with Gasteiger partial charge in [0.1, 0.15) is 5.82 Å². The van der Waals surface area contributed by atoms with E-state index in [1.165, 1.54) is 5.57 Å². The molecule has 0 saturated carbocycles. The first-order valence-corrected chi connectivity index (χ1v) is 8.49. The molecule has 0 amide bonds. The van der Waals surface area contributed by atoms with Gasteiger partial charge in [0.05, 0.1) is 24.1 Å². The summed E-state index contributed by atoms with van der Waals surface area (Å²) in [6, 6.07) is 9.80. The molecule has 0 atom stereocenters. The van der Waals surface area contributed by atoms with Crippen LogP contribution in [0.5, 0.6) is 0 Å². The van der Waals surface area contributed by atoms with E-state index in [0.29, 0.717) is 12.4 Å². The molecule has 5 nitrogen and oxygen atoms in total. The van der Waals surface area contributed by atoms with Crippen LogP contribution in [-0.4, -0.2) is 34.6 Å². The number of fused-ring (bicyclic) bond motifs is 1. The maximum atomic E-state index is 12.5. The van der Waals surface area contributed by atoms with Crippen molar-refractivity contribution >= 4 is 0 Å². The van der Waals surface area contributed by atoms with E-state index in [1.54, 1.807) is 0 Å². The number of hydrogen-bond acceptors (Lipinski definition) is 4. The summed E-state index contributed by atoms with van der Waals surface area (Å²) >= 11 is 0. The molecule has 2 aliphatic rings. The first-order valence-electron chi connectivity index (χ1n) is 8.49. The predicted octanol–water partition coefficient (Wildman–Crippen LogP) is 2.49. The minimum atomic E-state index is -0.0163. The van der Waals surface area contributed by atoms with E-state index in [9.17, 15) is 4.79 Å². The molecule has 0 fully saturated rings. The summed E-state index contributed by atoms with van der Waals surface area (Å²) in [6.07, 6.45) is 4.87. The molecular formula is C19H21N3O2. The Kier molecular flexibility index (Phi) is 4.17. The van der Waals surface area contributed by atoms with Gasteiger partial charge in [-0.2, -0.15) is 0 Å². The third-order valence-electron chi connectivity index (χ3n) is 4.63. The number of aromatic nitrogens is 2. The second-order valence-electron chi connectivity index (χ2n) is 6.42. The third kappa shape index (κ3) is 3.12. The number of ether oxygens (including phenoxy) is 1. The van der Waals surface area contributed by atoms with E-state index in [1.807, 2.05) is 36.6 Å². The van der Waals surface area contributed by atoms with Crippen molar-refractivity contribution in [3.63, 3.8) is 0 Å². The van der Waals surface area contributed by atoms with Crippen molar-refractivity contribution in [2.24, 2.45) is 0 Å². The van der Waals surface area contributed by atoms with Crippen LogP contribution in [0, 0.1) is 0 Å². The Hall–Kier alpha value is -2.40. The molecule has 0 aliphatic carbocycles. The zero-order chi connectivity index (χ0) is 16.4. The van der Waals surface area contributed by atoms with Crippen molar-refractivity contribution < 1.29 is 4.74 Å². The molecular weight excluding hydrogens is 302 g/mol. The van der Waals surface area contributed by atoms with Gasteiger partial charge >= 0.3 is 0 Å². The van der Waals surface area contributed by atoms with E-state index in [-0.39, 0.29) is 5.56 Å². The first kappa shape index (κ1) is 15.1. The molecule has 1 aromatic carbocycles. The minimum Gasteiger partial charge on any atom is -0.501 e. The highest BCUT2D eigenvalue weighted by Gasteiger charge is 2.22. The summed E-state index contributed by atoms with van der Waals surface area (Å²) in [4.78, 5) is 22.5. The number of rotatable bonds is 3. The largest absolute Gasteiger partial charge is 0.501 e. The maximum absolute atomic E-state index is 12.5. The standard InChI is InChI=1S/C19H21N3O2/c23-19-16-12-22(11-14-5-4-10-24-13-14)9-8-17(16)20-18(21-19)15-6-2-1-3-7-15/h1-3,6-7,13H,4-5,8-12H2,(H,20,21,23). The van der Waals surface area contributed by atoms with Gasteiger partial charge in [0.2, 0.25) is 0 Å². The molecule has 0 unspecified atom stereocenters. The molecule has 1 N–H and O–H groups in total. The normalized spacial score (nSPS) is 17.8. The van der Waals surface area contributed by atoms with Crippen LogP contribution >= 0.6 is 0 Å². The molecule has 0 saturated heterocycles. The smallest absolute Gasteiger partial charge is 0.255 e. The molecule has 3 heterocycles. The van der Waals surface area contributed by atoms with E-state index in [0.717, 1.165) is 55.8 Å². The van der Waals surface area contributed by atoms with Crippen LogP contribution in [0.4, 0.5) is 0 Å². The second kappa shape index (κ2) is 6.61. The van der Waals surface area contributed by atoms with Gasteiger partial charge in [-0.05, 0) is 18.4 Å². The summed E-state index contributed by atoms with van der Waals surface area (Å²) in [5.74, 6) is 0.663. The zero-order valence-electron chi connectivity index (χ0n) is 13.6. The van der Waals surface area contributed by atoms with Gasteiger partial charge in [-0.1, -0.05) is 30.3 Å². The summed E-state index contributed by atoms with van der Waals surface area (Å²) in [5, 5.41) is 0. The topological polar surface area (TPSA) is 58.2 Å². The summed E-state index contributed by atoms with van der Waals surface area (Å²) in [6.45, 7) is 3.27. The van der Waals surface area contributed by atoms with Gasteiger partial charge in [0.25, 0.3) is 5.56 Å². The molecule has 0 spiro atoms. The van der Waals surface area contributed by atoms with Crippen molar-refractivity contribution in [3.8, 4) is 11.4 Å². The highest BCUT2D eigenvalue weighted by Crippen LogP contribution is 2.20. The Morgan fingerprint density at radius 1 is 1.21 bits per heavy atom. The van der Waals surface area contributed by atoms with E-state index in [4.69, 9.17) is 9.72 Å². The molecule has 2 aromatic rings. The highest BCUT2D eigenvalue weighted by atomic mass is 16.5. The number of aromatic amines is 1. The van der Waals surface area contributed by atoms with Crippen molar-refractivity contribution in [1.29, 1.82) is 0 Å². The maximum Gasteiger partial charge on any atom is 0.255 e. The lowest BCUT2D eigenvalue weighted by atomic mass is 10.0. The Morgan fingerprint density at radius 3 is 2.88 bits per heavy atom. The fourth-order valence-corrected chi connectivity index (χ4v) is 3.37. The van der Waals surface area contributed by atoms with Crippen molar-refractivity contribution in [2.45, 2.75) is 25.8 Å². The Morgan fingerprint density at radius 2 is 2.08 bits per heavy atom. The Bertz CT molecular complexity index is 811. The van der Waals surface area contributed by atoms with Crippen LogP contribution < -0.4 is 5.56 Å². The van der Waals surface area contributed by atoms with E-state index in [2.05, 4.69) is 9.88 Å². The fraction of sp³-hybridized carbons (Fsp3) is 0.368. The lowest BCUT2D eigenvalue weighted by Crippen LogP contribution is -2.37. The van der Waals surface area contributed by atoms with Gasteiger partial charge in [-0.25, -0.2) is 4.98 Å². The van der Waals surface area contributed by atoms with Gasteiger partial charge < -0.3 is 9.72 Å². The molecule has 124 valence electrons. The minimum absolute atomic E-state index is 0.0163. The lowest BCUT2D eigenvalue weighted by molar-refractivity contribution is 0.208. The molecule has 0 radical (unpaired) electrons.